The molecule has 0 radical (unpaired) electrons. The number of amides is 1. The smallest absolute Gasteiger partial charge is 0.223 e. The Morgan fingerprint density at radius 1 is 1.12 bits per heavy atom. The zero-order valence-electron chi connectivity index (χ0n) is 15.0. The summed E-state index contributed by atoms with van der Waals surface area (Å²) in [6, 6.07) is 20.8. The highest BCUT2D eigenvalue weighted by Gasteiger charge is 2.35. The molecule has 0 saturated carbocycles. The molecule has 1 fully saturated rings. The predicted molar refractivity (Wildman–Crippen MR) is 102 cm³/mol. The summed E-state index contributed by atoms with van der Waals surface area (Å²) in [5.41, 5.74) is 8.48. The predicted octanol–water partition coefficient (Wildman–Crippen LogP) is 3.60. The minimum atomic E-state index is 0.0807. The first-order chi connectivity index (χ1) is 12.1. The second-order valence-corrected chi connectivity index (χ2v) is 7.58. The fraction of sp³-hybridized carbons (Fsp3) is 0.409. The summed E-state index contributed by atoms with van der Waals surface area (Å²) in [6.07, 6.45) is 2.45. The maximum absolute atomic E-state index is 12.9. The van der Waals surface area contributed by atoms with Crippen molar-refractivity contribution in [3.8, 4) is 0 Å². The van der Waals surface area contributed by atoms with Crippen molar-refractivity contribution in [2.45, 2.75) is 32.1 Å². The maximum Gasteiger partial charge on any atom is 0.223 e. The Morgan fingerprint density at radius 3 is 2.36 bits per heavy atom. The molecule has 1 aliphatic rings. The van der Waals surface area contributed by atoms with E-state index in [1.807, 2.05) is 17.0 Å². The minimum absolute atomic E-state index is 0.0807. The van der Waals surface area contributed by atoms with E-state index in [-0.39, 0.29) is 17.2 Å². The Hall–Kier alpha value is -2.13. The number of benzene rings is 2. The normalized spacial score (nSPS) is 21.3. The molecular weight excluding hydrogens is 308 g/mol. The minimum Gasteiger partial charge on any atom is -0.342 e. The van der Waals surface area contributed by atoms with Crippen LogP contribution < -0.4 is 5.73 Å². The van der Waals surface area contributed by atoms with Gasteiger partial charge in [-0.25, -0.2) is 0 Å². The third-order valence-electron chi connectivity index (χ3n) is 5.42. The highest BCUT2D eigenvalue weighted by Crippen LogP contribution is 2.31. The summed E-state index contributed by atoms with van der Waals surface area (Å²) in [7, 11) is 0. The Balaban J connectivity index is 1.73. The van der Waals surface area contributed by atoms with Crippen LogP contribution in [0.4, 0.5) is 0 Å². The molecule has 0 spiro atoms. The van der Waals surface area contributed by atoms with Crippen LogP contribution in [0.1, 0.15) is 36.8 Å². The molecule has 0 aliphatic carbocycles. The second kappa shape index (κ2) is 7.83. The average Bonchev–Trinajstić information content (AvgIpc) is 3.06. The lowest BCUT2D eigenvalue weighted by Crippen LogP contribution is -2.35. The van der Waals surface area contributed by atoms with Crippen LogP contribution in [0, 0.1) is 5.41 Å². The third-order valence-corrected chi connectivity index (χ3v) is 5.42. The molecule has 2 N–H and O–H groups in total. The van der Waals surface area contributed by atoms with Crippen molar-refractivity contribution < 1.29 is 4.79 Å². The van der Waals surface area contributed by atoms with Gasteiger partial charge in [0.25, 0.3) is 0 Å². The number of carbonyl (C=O) groups is 1. The van der Waals surface area contributed by atoms with Gasteiger partial charge < -0.3 is 10.6 Å². The van der Waals surface area contributed by atoms with Gasteiger partial charge in [0.15, 0.2) is 0 Å². The quantitative estimate of drug-likeness (QED) is 0.876. The van der Waals surface area contributed by atoms with Crippen LogP contribution in [0.15, 0.2) is 60.7 Å². The summed E-state index contributed by atoms with van der Waals surface area (Å²) in [5.74, 6) is 0.461. The lowest BCUT2D eigenvalue weighted by molar-refractivity contribution is -0.130. The Kier molecular flexibility index (Phi) is 5.54. The molecule has 1 heterocycles. The van der Waals surface area contributed by atoms with Crippen molar-refractivity contribution in [1.82, 2.24) is 4.90 Å². The van der Waals surface area contributed by atoms with Crippen LogP contribution in [-0.4, -0.2) is 30.4 Å². The van der Waals surface area contributed by atoms with Gasteiger partial charge in [-0.1, -0.05) is 67.6 Å². The summed E-state index contributed by atoms with van der Waals surface area (Å²) in [4.78, 5) is 14.9. The maximum atomic E-state index is 12.9. The number of carbonyl (C=O) groups excluding carboxylic acids is 1. The molecule has 1 saturated heterocycles. The molecule has 132 valence electrons. The highest BCUT2D eigenvalue weighted by molar-refractivity contribution is 5.77. The van der Waals surface area contributed by atoms with Crippen molar-refractivity contribution in [1.29, 1.82) is 0 Å². The van der Waals surface area contributed by atoms with Crippen LogP contribution in [-0.2, 0) is 11.2 Å². The van der Waals surface area contributed by atoms with Crippen LogP contribution >= 0.6 is 0 Å². The van der Waals surface area contributed by atoms with Crippen molar-refractivity contribution >= 4 is 5.91 Å². The van der Waals surface area contributed by atoms with Gasteiger partial charge in [0, 0.05) is 19.5 Å². The third kappa shape index (κ3) is 4.49. The first kappa shape index (κ1) is 17.7. The Bertz CT molecular complexity index is 686. The number of nitrogens with zero attached hydrogens (tertiary/aromatic N) is 1. The number of rotatable bonds is 6. The number of nitrogens with two attached hydrogens (primary N) is 1. The first-order valence-corrected chi connectivity index (χ1v) is 9.16. The molecule has 2 aromatic carbocycles. The van der Waals surface area contributed by atoms with E-state index in [4.69, 9.17) is 5.73 Å². The van der Waals surface area contributed by atoms with E-state index < -0.39 is 0 Å². The van der Waals surface area contributed by atoms with Crippen LogP contribution in [0.3, 0.4) is 0 Å². The van der Waals surface area contributed by atoms with Gasteiger partial charge in [0.1, 0.15) is 0 Å². The van der Waals surface area contributed by atoms with Crippen LogP contribution in [0.25, 0.3) is 0 Å². The lowest BCUT2D eigenvalue weighted by Gasteiger charge is -2.25. The molecule has 2 atom stereocenters. The number of hydrogen-bond acceptors (Lipinski definition) is 2. The highest BCUT2D eigenvalue weighted by atomic mass is 16.2. The second-order valence-electron chi connectivity index (χ2n) is 7.58. The van der Waals surface area contributed by atoms with Crippen molar-refractivity contribution in [2.75, 3.05) is 19.6 Å². The van der Waals surface area contributed by atoms with E-state index in [1.54, 1.807) is 0 Å². The molecule has 25 heavy (non-hydrogen) atoms. The van der Waals surface area contributed by atoms with E-state index in [9.17, 15) is 4.79 Å². The molecular formula is C22H28N2O. The van der Waals surface area contributed by atoms with Crippen LogP contribution in [0.5, 0.6) is 0 Å². The first-order valence-electron chi connectivity index (χ1n) is 9.16. The molecule has 2 aromatic rings. The number of hydrogen-bond donors (Lipinski definition) is 1. The van der Waals surface area contributed by atoms with E-state index in [0.717, 1.165) is 25.9 Å². The summed E-state index contributed by atoms with van der Waals surface area (Å²) in [5, 5.41) is 0. The molecule has 3 nitrogen and oxygen atoms in total. The zero-order valence-corrected chi connectivity index (χ0v) is 15.0. The molecule has 0 bridgehead atoms. The SMILES string of the molecule is CC1(CN)CCN(C(=O)CC(Cc2ccccc2)c2ccccc2)C1. The van der Waals surface area contributed by atoms with E-state index >= 15 is 0 Å². The fourth-order valence-electron chi connectivity index (χ4n) is 3.67. The van der Waals surface area contributed by atoms with E-state index in [0.29, 0.717) is 13.0 Å². The largest absolute Gasteiger partial charge is 0.342 e. The topological polar surface area (TPSA) is 46.3 Å². The van der Waals surface area contributed by atoms with Crippen molar-refractivity contribution in [2.24, 2.45) is 11.1 Å². The summed E-state index contributed by atoms with van der Waals surface area (Å²) < 4.78 is 0. The molecule has 1 amide bonds. The van der Waals surface area contributed by atoms with Gasteiger partial charge >= 0.3 is 0 Å². The molecule has 0 aromatic heterocycles. The fourth-order valence-corrected chi connectivity index (χ4v) is 3.67. The lowest BCUT2D eigenvalue weighted by atomic mass is 9.88. The van der Waals surface area contributed by atoms with E-state index in [1.165, 1.54) is 11.1 Å². The summed E-state index contributed by atoms with van der Waals surface area (Å²) in [6.45, 7) is 4.44. The van der Waals surface area contributed by atoms with Gasteiger partial charge in [-0.15, -0.1) is 0 Å². The van der Waals surface area contributed by atoms with Crippen LogP contribution in [0.2, 0.25) is 0 Å². The van der Waals surface area contributed by atoms with Gasteiger partial charge in [-0.2, -0.15) is 0 Å². The zero-order chi connectivity index (χ0) is 17.7. The van der Waals surface area contributed by atoms with Crippen molar-refractivity contribution in [3.05, 3.63) is 71.8 Å². The Labute approximate surface area is 150 Å². The Morgan fingerprint density at radius 2 is 1.76 bits per heavy atom. The van der Waals surface area contributed by atoms with Gasteiger partial charge in [0.2, 0.25) is 5.91 Å². The van der Waals surface area contributed by atoms with Gasteiger partial charge in [-0.3, -0.25) is 4.79 Å². The molecule has 3 rings (SSSR count). The standard InChI is InChI=1S/C22H28N2O/c1-22(16-23)12-13-24(17-22)21(25)15-20(19-10-6-3-7-11-19)14-18-8-4-2-5-9-18/h2-11,20H,12-17,23H2,1H3. The van der Waals surface area contributed by atoms with E-state index in [2.05, 4.69) is 55.5 Å². The van der Waals surface area contributed by atoms with Gasteiger partial charge in [-0.05, 0) is 41.8 Å². The van der Waals surface area contributed by atoms with Crippen molar-refractivity contribution in [3.63, 3.8) is 0 Å². The monoisotopic (exact) mass is 336 g/mol. The molecule has 1 aliphatic heterocycles. The number of likely N-dealkylation sites (tertiary alicyclic amines) is 1. The molecule has 2 unspecified atom stereocenters. The molecule has 3 heteroatoms. The summed E-state index contributed by atoms with van der Waals surface area (Å²) >= 11 is 0. The average molecular weight is 336 g/mol. The van der Waals surface area contributed by atoms with Gasteiger partial charge in [0.05, 0.1) is 0 Å².